The summed E-state index contributed by atoms with van der Waals surface area (Å²) in [4.78, 5) is 7.95. The van der Waals surface area contributed by atoms with Crippen molar-refractivity contribution < 1.29 is 20.1 Å². The van der Waals surface area contributed by atoms with E-state index in [-0.39, 0.29) is 11.7 Å². The fourth-order valence-electron chi connectivity index (χ4n) is 2.62. The van der Waals surface area contributed by atoms with E-state index >= 15 is 0 Å². The van der Waals surface area contributed by atoms with E-state index in [0.717, 1.165) is 0 Å². The highest BCUT2D eigenvalue weighted by molar-refractivity contribution is 6.09. The second-order valence-corrected chi connectivity index (χ2v) is 5.05. The number of nitrogen functional groups attached to an aromatic ring is 2. The standard InChI is InChI=1S/C12H16N6O4/c13-9(14)4-1-18(11-6(4)10(15)16-3-17-11)12-8(21)7(20)5(2-19)22-12/h1,3,5,7-8,12,19-21H,2H2,(H3,13,14)(H2,15,16,17)/t5-,7-,8+,12+/m0/s1. The van der Waals surface area contributed by atoms with Crippen molar-refractivity contribution in [1.82, 2.24) is 14.5 Å². The summed E-state index contributed by atoms with van der Waals surface area (Å²) in [5.74, 6) is -0.0994. The van der Waals surface area contributed by atoms with Crippen molar-refractivity contribution in [2.24, 2.45) is 5.73 Å². The Labute approximate surface area is 124 Å². The van der Waals surface area contributed by atoms with Crippen LogP contribution in [-0.4, -0.2) is 60.6 Å². The maximum absolute atomic E-state index is 10.1. The van der Waals surface area contributed by atoms with Gasteiger partial charge in [0.05, 0.1) is 12.0 Å². The van der Waals surface area contributed by atoms with Gasteiger partial charge in [-0.3, -0.25) is 5.41 Å². The number of aromatic nitrogens is 3. The van der Waals surface area contributed by atoms with Gasteiger partial charge >= 0.3 is 0 Å². The predicted molar refractivity (Wildman–Crippen MR) is 76.0 cm³/mol. The molecule has 8 N–H and O–H groups in total. The third-order valence-corrected chi connectivity index (χ3v) is 3.72. The Bertz CT molecular complexity index is 732. The largest absolute Gasteiger partial charge is 0.394 e. The zero-order valence-electron chi connectivity index (χ0n) is 11.4. The van der Waals surface area contributed by atoms with E-state index in [1.165, 1.54) is 17.1 Å². The number of hydrogen-bond acceptors (Lipinski definition) is 8. The van der Waals surface area contributed by atoms with Crippen LogP contribution in [0.5, 0.6) is 0 Å². The van der Waals surface area contributed by atoms with Crippen LogP contribution in [0.1, 0.15) is 11.8 Å². The van der Waals surface area contributed by atoms with Crippen LogP contribution in [0, 0.1) is 5.41 Å². The topological polar surface area (TPSA) is 177 Å². The van der Waals surface area contributed by atoms with Gasteiger partial charge in [-0.25, -0.2) is 9.97 Å². The van der Waals surface area contributed by atoms with E-state index < -0.39 is 31.1 Å². The summed E-state index contributed by atoms with van der Waals surface area (Å²) in [5, 5.41) is 37.1. The number of ether oxygens (including phenoxy) is 1. The number of aliphatic hydroxyl groups excluding tert-OH is 3. The molecule has 0 aromatic carbocycles. The molecule has 1 fully saturated rings. The van der Waals surface area contributed by atoms with Crippen LogP contribution in [0.15, 0.2) is 12.5 Å². The maximum Gasteiger partial charge on any atom is 0.164 e. The Hall–Kier alpha value is -2.27. The summed E-state index contributed by atoms with van der Waals surface area (Å²) in [7, 11) is 0. The van der Waals surface area contributed by atoms with Crippen LogP contribution in [0.2, 0.25) is 0 Å². The van der Waals surface area contributed by atoms with Gasteiger partial charge in [0.25, 0.3) is 0 Å². The number of nitrogens with two attached hydrogens (primary N) is 2. The molecule has 0 amide bonds. The number of hydrogen-bond donors (Lipinski definition) is 6. The maximum atomic E-state index is 10.1. The lowest BCUT2D eigenvalue weighted by atomic mass is 10.1. The van der Waals surface area contributed by atoms with Crippen molar-refractivity contribution in [2.75, 3.05) is 12.3 Å². The van der Waals surface area contributed by atoms with Gasteiger partial charge in [0.15, 0.2) is 6.23 Å². The van der Waals surface area contributed by atoms with E-state index in [1.54, 1.807) is 0 Å². The van der Waals surface area contributed by atoms with Crippen LogP contribution in [0.3, 0.4) is 0 Å². The Morgan fingerprint density at radius 2 is 2.09 bits per heavy atom. The highest BCUT2D eigenvalue weighted by Crippen LogP contribution is 2.34. The summed E-state index contributed by atoms with van der Waals surface area (Å²) in [5.41, 5.74) is 12.0. The average molecular weight is 308 g/mol. The van der Waals surface area contributed by atoms with Crippen molar-refractivity contribution in [3.05, 3.63) is 18.1 Å². The molecule has 2 aromatic heterocycles. The second kappa shape index (κ2) is 5.18. The number of fused-ring (bicyclic) bond motifs is 1. The first kappa shape index (κ1) is 14.7. The first-order chi connectivity index (χ1) is 10.5. The van der Waals surface area contributed by atoms with E-state index in [0.29, 0.717) is 16.6 Å². The number of amidine groups is 1. The van der Waals surface area contributed by atoms with E-state index in [2.05, 4.69) is 9.97 Å². The molecule has 118 valence electrons. The third-order valence-electron chi connectivity index (χ3n) is 3.72. The van der Waals surface area contributed by atoms with Gasteiger partial charge in [-0.2, -0.15) is 0 Å². The van der Waals surface area contributed by atoms with E-state index in [9.17, 15) is 10.2 Å². The van der Waals surface area contributed by atoms with E-state index in [1.807, 2.05) is 0 Å². The van der Waals surface area contributed by atoms with Crippen LogP contribution in [0.4, 0.5) is 5.82 Å². The van der Waals surface area contributed by atoms with Gasteiger partial charge in [0.2, 0.25) is 0 Å². The van der Waals surface area contributed by atoms with Crippen molar-refractivity contribution in [2.45, 2.75) is 24.5 Å². The van der Waals surface area contributed by atoms with Crippen molar-refractivity contribution in [1.29, 1.82) is 5.41 Å². The number of nitrogens with one attached hydrogen (secondary N) is 1. The Morgan fingerprint density at radius 3 is 2.68 bits per heavy atom. The number of aliphatic hydroxyl groups is 3. The molecule has 10 heteroatoms. The Morgan fingerprint density at radius 1 is 1.36 bits per heavy atom. The lowest BCUT2D eigenvalue weighted by Crippen LogP contribution is -2.33. The monoisotopic (exact) mass is 308 g/mol. The van der Waals surface area contributed by atoms with Crippen LogP contribution in [0.25, 0.3) is 11.0 Å². The second-order valence-electron chi connectivity index (χ2n) is 5.05. The molecule has 1 saturated heterocycles. The molecule has 22 heavy (non-hydrogen) atoms. The first-order valence-electron chi connectivity index (χ1n) is 6.53. The highest BCUT2D eigenvalue weighted by atomic mass is 16.6. The number of anilines is 1. The highest BCUT2D eigenvalue weighted by Gasteiger charge is 2.44. The minimum absolute atomic E-state index is 0.140. The molecule has 2 aromatic rings. The molecule has 0 radical (unpaired) electrons. The van der Waals surface area contributed by atoms with Gasteiger partial charge in [0, 0.05) is 11.8 Å². The summed E-state index contributed by atoms with van der Waals surface area (Å²) in [6.45, 7) is -0.440. The normalized spacial score (nSPS) is 28.3. The SMILES string of the molecule is N=C(N)c1cn([C@@H]2O[C@@H](CO)[C@H](O)[C@H]2O)c2ncnc(N)c12. The summed E-state index contributed by atoms with van der Waals surface area (Å²) in [6, 6.07) is 0. The minimum atomic E-state index is -1.27. The average Bonchev–Trinajstić information content (AvgIpc) is 3.00. The molecule has 0 aliphatic carbocycles. The fourth-order valence-corrected chi connectivity index (χ4v) is 2.62. The zero-order chi connectivity index (χ0) is 16.0. The fraction of sp³-hybridized carbons (Fsp3) is 0.417. The lowest BCUT2D eigenvalue weighted by Gasteiger charge is -2.17. The van der Waals surface area contributed by atoms with Crippen molar-refractivity contribution >= 4 is 22.7 Å². The minimum Gasteiger partial charge on any atom is -0.394 e. The van der Waals surface area contributed by atoms with Gasteiger partial charge < -0.3 is 36.1 Å². The van der Waals surface area contributed by atoms with Crippen LogP contribution < -0.4 is 11.5 Å². The summed E-state index contributed by atoms with van der Waals surface area (Å²) in [6.07, 6.45) is -1.73. The van der Waals surface area contributed by atoms with Crippen molar-refractivity contribution in [3.63, 3.8) is 0 Å². The molecule has 0 unspecified atom stereocenters. The van der Waals surface area contributed by atoms with Gasteiger partial charge in [-0.05, 0) is 0 Å². The summed E-state index contributed by atoms with van der Waals surface area (Å²) >= 11 is 0. The zero-order valence-corrected chi connectivity index (χ0v) is 11.4. The molecule has 10 nitrogen and oxygen atoms in total. The van der Waals surface area contributed by atoms with Gasteiger partial charge in [-0.15, -0.1) is 0 Å². The van der Waals surface area contributed by atoms with Crippen molar-refractivity contribution in [3.8, 4) is 0 Å². The van der Waals surface area contributed by atoms with Crippen LogP contribution in [-0.2, 0) is 4.74 Å². The van der Waals surface area contributed by atoms with Gasteiger partial charge in [-0.1, -0.05) is 0 Å². The molecule has 1 aliphatic heterocycles. The number of rotatable bonds is 3. The Balaban J connectivity index is 2.16. The molecule has 4 atom stereocenters. The number of nitrogens with zero attached hydrogens (tertiary/aromatic N) is 3. The van der Waals surface area contributed by atoms with Gasteiger partial charge in [0.1, 0.15) is 41.9 Å². The third kappa shape index (κ3) is 2.01. The van der Waals surface area contributed by atoms with Crippen LogP contribution >= 0.6 is 0 Å². The predicted octanol–water partition coefficient (Wildman–Crippen LogP) is -2.09. The molecule has 0 saturated carbocycles. The summed E-state index contributed by atoms with van der Waals surface area (Å²) < 4.78 is 6.89. The Kier molecular flexibility index (Phi) is 3.45. The molecule has 0 bridgehead atoms. The molecule has 0 spiro atoms. The molecular weight excluding hydrogens is 292 g/mol. The van der Waals surface area contributed by atoms with E-state index in [4.69, 9.17) is 26.7 Å². The lowest BCUT2D eigenvalue weighted by molar-refractivity contribution is -0.0508. The molecule has 1 aliphatic rings. The molecule has 3 heterocycles. The quantitative estimate of drug-likeness (QED) is 0.276. The molecule has 3 rings (SSSR count). The molecular formula is C12H16N6O4. The first-order valence-corrected chi connectivity index (χ1v) is 6.53. The smallest absolute Gasteiger partial charge is 0.164 e.